The number of carbonyl (C=O) groups excluding carboxylic acids is 1. The summed E-state index contributed by atoms with van der Waals surface area (Å²) in [6, 6.07) is 5.73. The molecule has 4 nitrogen and oxygen atoms in total. The molecule has 2 rings (SSSR count). The Labute approximate surface area is 128 Å². The molecule has 1 aliphatic rings. The van der Waals surface area contributed by atoms with Gasteiger partial charge in [-0.15, -0.1) is 0 Å². The zero-order chi connectivity index (χ0) is 14.5. The van der Waals surface area contributed by atoms with Gasteiger partial charge in [0.25, 0.3) is 0 Å². The van der Waals surface area contributed by atoms with Gasteiger partial charge < -0.3 is 14.5 Å². The maximum atomic E-state index is 12.1. The van der Waals surface area contributed by atoms with Crippen molar-refractivity contribution in [1.29, 1.82) is 0 Å². The van der Waals surface area contributed by atoms with E-state index in [-0.39, 0.29) is 5.91 Å². The number of carbonyl (C=O) groups is 1. The van der Waals surface area contributed by atoms with Crippen LogP contribution in [0.5, 0.6) is 5.75 Å². The van der Waals surface area contributed by atoms with Crippen molar-refractivity contribution in [2.24, 2.45) is 0 Å². The van der Waals surface area contributed by atoms with Gasteiger partial charge in [0.2, 0.25) is 5.91 Å². The number of likely N-dealkylation sites (N-methyl/N-ethyl adjacent to an activating group) is 1. The van der Waals surface area contributed by atoms with E-state index in [1.54, 1.807) is 13.2 Å². The molecule has 0 atom stereocenters. The number of ether oxygens (including phenoxy) is 1. The maximum absolute atomic E-state index is 12.1. The molecule has 0 spiro atoms. The number of piperazine rings is 1. The molecule has 0 aliphatic carbocycles. The molecule has 0 saturated carbocycles. The molecule has 0 aromatic heterocycles. The van der Waals surface area contributed by atoms with Crippen LogP contribution in [0.25, 0.3) is 6.08 Å². The van der Waals surface area contributed by atoms with Crippen molar-refractivity contribution in [3.8, 4) is 5.75 Å². The number of halogens is 1. The van der Waals surface area contributed by atoms with E-state index in [0.717, 1.165) is 42.0 Å². The van der Waals surface area contributed by atoms with Crippen molar-refractivity contribution in [2.45, 2.75) is 0 Å². The van der Waals surface area contributed by atoms with E-state index in [1.807, 2.05) is 29.2 Å². The van der Waals surface area contributed by atoms with Crippen molar-refractivity contribution in [3.63, 3.8) is 0 Å². The van der Waals surface area contributed by atoms with E-state index in [2.05, 4.69) is 27.9 Å². The highest BCUT2D eigenvalue weighted by Crippen LogP contribution is 2.24. The number of methoxy groups -OCH3 is 1. The molecule has 1 aromatic carbocycles. The molecule has 1 heterocycles. The largest absolute Gasteiger partial charge is 0.496 e. The second-order valence-corrected chi connectivity index (χ2v) is 5.76. The monoisotopic (exact) mass is 338 g/mol. The third kappa shape index (κ3) is 3.84. The normalized spacial score (nSPS) is 16.6. The van der Waals surface area contributed by atoms with E-state index >= 15 is 0 Å². The van der Waals surface area contributed by atoms with Crippen LogP contribution in [0, 0.1) is 0 Å². The molecular weight excluding hydrogens is 320 g/mol. The lowest BCUT2D eigenvalue weighted by atomic mass is 10.2. The van der Waals surface area contributed by atoms with Crippen LogP contribution in [-0.4, -0.2) is 56.0 Å². The lowest BCUT2D eigenvalue weighted by molar-refractivity contribution is -0.127. The quantitative estimate of drug-likeness (QED) is 0.792. The standard InChI is InChI=1S/C15H19BrN2O2/c1-17-7-9-18(10-8-17)15(19)6-3-12-11-13(16)4-5-14(12)20-2/h3-6,11H,7-10H2,1-2H3. The van der Waals surface area contributed by atoms with Crippen LogP contribution in [-0.2, 0) is 4.79 Å². The highest BCUT2D eigenvalue weighted by atomic mass is 79.9. The summed E-state index contributed by atoms with van der Waals surface area (Å²) in [5, 5.41) is 0. The first-order valence-corrected chi connectivity index (χ1v) is 7.38. The number of rotatable bonds is 3. The summed E-state index contributed by atoms with van der Waals surface area (Å²) in [6.45, 7) is 3.43. The Hall–Kier alpha value is -1.33. The van der Waals surface area contributed by atoms with Gasteiger partial charge in [-0.05, 0) is 31.3 Å². The Balaban J connectivity index is 2.05. The molecule has 1 saturated heterocycles. The molecule has 0 radical (unpaired) electrons. The van der Waals surface area contributed by atoms with E-state index < -0.39 is 0 Å². The summed E-state index contributed by atoms with van der Waals surface area (Å²) >= 11 is 3.43. The van der Waals surface area contributed by atoms with Crippen LogP contribution in [0.2, 0.25) is 0 Å². The second-order valence-electron chi connectivity index (χ2n) is 4.85. The third-order valence-corrected chi connectivity index (χ3v) is 3.91. The molecule has 1 aromatic rings. The van der Waals surface area contributed by atoms with Gasteiger partial charge in [0, 0.05) is 42.3 Å². The fourth-order valence-electron chi connectivity index (χ4n) is 2.13. The van der Waals surface area contributed by atoms with Crippen molar-refractivity contribution >= 4 is 27.9 Å². The molecule has 20 heavy (non-hydrogen) atoms. The predicted octanol–water partition coefficient (Wildman–Crippen LogP) is 2.24. The number of hydrogen-bond donors (Lipinski definition) is 0. The SMILES string of the molecule is COc1ccc(Br)cc1C=CC(=O)N1CCN(C)CC1. The van der Waals surface area contributed by atoms with E-state index in [0.29, 0.717) is 0 Å². The van der Waals surface area contributed by atoms with Crippen LogP contribution in [0.4, 0.5) is 0 Å². The molecule has 1 amide bonds. The molecule has 1 aliphatic heterocycles. The number of amides is 1. The first kappa shape index (κ1) is 15.1. The first-order valence-electron chi connectivity index (χ1n) is 6.59. The van der Waals surface area contributed by atoms with E-state index in [4.69, 9.17) is 4.74 Å². The molecule has 1 fully saturated rings. The molecule has 0 bridgehead atoms. The van der Waals surface area contributed by atoms with Gasteiger partial charge in [-0.2, -0.15) is 0 Å². The zero-order valence-electron chi connectivity index (χ0n) is 11.8. The zero-order valence-corrected chi connectivity index (χ0v) is 13.4. The summed E-state index contributed by atoms with van der Waals surface area (Å²) in [5.74, 6) is 0.816. The van der Waals surface area contributed by atoms with Crippen molar-refractivity contribution in [2.75, 3.05) is 40.3 Å². The number of hydrogen-bond acceptors (Lipinski definition) is 3. The van der Waals surface area contributed by atoms with Gasteiger partial charge in [0.05, 0.1) is 7.11 Å². The Bertz CT molecular complexity index is 509. The average molecular weight is 339 g/mol. The Morgan fingerprint density at radius 2 is 2.00 bits per heavy atom. The number of benzene rings is 1. The highest BCUT2D eigenvalue weighted by Gasteiger charge is 2.16. The predicted molar refractivity (Wildman–Crippen MR) is 83.8 cm³/mol. The Morgan fingerprint density at radius 3 is 2.65 bits per heavy atom. The van der Waals surface area contributed by atoms with Crippen LogP contribution in [0.1, 0.15) is 5.56 Å². The van der Waals surface area contributed by atoms with Gasteiger partial charge in [-0.25, -0.2) is 0 Å². The summed E-state index contributed by atoms with van der Waals surface area (Å²) < 4.78 is 6.25. The topological polar surface area (TPSA) is 32.8 Å². The molecule has 0 N–H and O–H groups in total. The van der Waals surface area contributed by atoms with Crippen molar-refractivity contribution in [1.82, 2.24) is 9.80 Å². The van der Waals surface area contributed by atoms with E-state index in [1.165, 1.54) is 0 Å². The highest BCUT2D eigenvalue weighted by molar-refractivity contribution is 9.10. The van der Waals surface area contributed by atoms with Gasteiger partial charge in [-0.3, -0.25) is 4.79 Å². The summed E-state index contributed by atoms with van der Waals surface area (Å²) in [4.78, 5) is 16.2. The van der Waals surface area contributed by atoms with Gasteiger partial charge in [0.1, 0.15) is 5.75 Å². The summed E-state index contributed by atoms with van der Waals surface area (Å²) in [6.07, 6.45) is 3.43. The summed E-state index contributed by atoms with van der Waals surface area (Å²) in [5.41, 5.74) is 0.893. The third-order valence-electron chi connectivity index (χ3n) is 3.41. The lowest BCUT2D eigenvalue weighted by Gasteiger charge is -2.31. The molecular formula is C15H19BrN2O2. The van der Waals surface area contributed by atoms with Crippen molar-refractivity contribution in [3.05, 3.63) is 34.3 Å². The van der Waals surface area contributed by atoms with Gasteiger partial charge in [0.15, 0.2) is 0 Å². The Morgan fingerprint density at radius 1 is 1.30 bits per heavy atom. The molecule has 108 valence electrons. The molecule has 0 unspecified atom stereocenters. The lowest BCUT2D eigenvalue weighted by Crippen LogP contribution is -2.46. The molecule has 5 heteroatoms. The second kappa shape index (κ2) is 6.90. The average Bonchev–Trinajstić information content (AvgIpc) is 2.45. The smallest absolute Gasteiger partial charge is 0.246 e. The van der Waals surface area contributed by atoms with Crippen LogP contribution in [0.3, 0.4) is 0 Å². The number of nitrogens with zero attached hydrogens (tertiary/aromatic N) is 2. The van der Waals surface area contributed by atoms with Gasteiger partial charge in [-0.1, -0.05) is 15.9 Å². The van der Waals surface area contributed by atoms with Crippen LogP contribution < -0.4 is 4.74 Å². The maximum Gasteiger partial charge on any atom is 0.246 e. The summed E-state index contributed by atoms with van der Waals surface area (Å²) in [7, 11) is 3.70. The fourth-order valence-corrected chi connectivity index (χ4v) is 2.51. The van der Waals surface area contributed by atoms with Crippen LogP contribution in [0.15, 0.2) is 28.7 Å². The fraction of sp³-hybridized carbons (Fsp3) is 0.400. The van der Waals surface area contributed by atoms with Crippen LogP contribution >= 0.6 is 15.9 Å². The minimum absolute atomic E-state index is 0.0557. The van der Waals surface area contributed by atoms with Crippen molar-refractivity contribution < 1.29 is 9.53 Å². The first-order chi connectivity index (χ1) is 9.60. The van der Waals surface area contributed by atoms with E-state index in [9.17, 15) is 4.79 Å². The Kier molecular flexibility index (Phi) is 5.20. The minimum Gasteiger partial charge on any atom is -0.496 e. The minimum atomic E-state index is 0.0557. The van der Waals surface area contributed by atoms with Gasteiger partial charge >= 0.3 is 0 Å².